The maximum Gasteiger partial charge on any atom is 0.254 e. The lowest BCUT2D eigenvalue weighted by Gasteiger charge is -2.43. The second kappa shape index (κ2) is 12.9. The third-order valence-corrected chi connectivity index (χ3v) is 9.00. The topological polar surface area (TPSA) is 91.4 Å². The number of nitrogens with one attached hydrogen (secondary N) is 1. The Labute approximate surface area is 263 Å². The third-order valence-electron chi connectivity index (χ3n) is 9.00. The fraction of sp³-hybridized carbons (Fsp3) is 0.306. The number of anilines is 1. The Hall–Kier alpha value is -5.05. The van der Waals surface area contributed by atoms with Gasteiger partial charge in [-0.2, -0.15) is 0 Å². The number of methoxy groups -OCH3 is 2. The fourth-order valence-electron chi connectivity index (χ4n) is 6.60. The van der Waals surface area contributed by atoms with E-state index in [0.29, 0.717) is 62.6 Å². The van der Waals surface area contributed by atoms with Crippen molar-refractivity contribution in [1.29, 1.82) is 0 Å². The molecule has 0 unspecified atom stereocenters. The molecule has 45 heavy (non-hydrogen) atoms. The van der Waals surface area contributed by atoms with Gasteiger partial charge in [0.2, 0.25) is 5.91 Å². The van der Waals surface area contributed by atoms with Gasteiger partial charge in [0, 0.05) is 30.9 Å². The summed E-state index contributed by atoms with van der Waals surface area (Å²) < 4.78 is 10.7. The van der Waals surface area contributed by atoms with Crippen LogP contribution in [0.5, 0.6) is 11.5 Å². The second-order valence-electron chi connectivity index (χ2n) is 11.5. The minimum absolute atomic E-state index is 0.0240. The van der Waals surface area contributed by atoms with Gasteiger partial charge < -0.3 is 29.5 Å². The number of fused-ring (bicyclic) bond motifs is 1. The first kappa shape index (κ1) is 30.0. The van der Waals surface area contributed by atoms with E-state index in [9.17, 15) is 14.4 Å². The van der Waals surface area contributed by atoms with Crippen LogP contribution in [-0.2, 0) is 16.0 Å². The zero-order chi connectivity index (χ0) is 31.4. The molecule has 9 nitrogen and oxygen atoms in total. The van der Waals surface area contributed by atoms with Crippen LogP contribution >= 0.6 is 0 Å². The number of ether oxygens (including phenoxy) is 2. The Balaban J connectivity index is 1.13. The van der Waals surface area contributed by atoms with Crippen LogP contribution in [0.3, 0.4) is 0 Å². The summed E-state index contributed by atoms with van der Waals surface area (Å²) in [6.45, 7) is 1.60. The molecule has 6 rings (SSSR count). The highest BCUT2D eigenvalue weighted by atomic mass is 16.5. The van der Waals surface area contributed by atoms with Gasteiger partial charge in [-0.05, 0) is 65.9 Å². The normalized spacial score (nSPS) is 15.9. The largest absolute Gasteiger partial charge is 0.493 e. The number of hydrogen-bond acceptors (Lipinski definition) is 6. The van der Waals surface area contributed by atoms with Gasteiger partial charge >= 0.3 is 0 Å². The van der Waals surface area contributed by atoms with E-state index in [-0.39, 0.29) is 24.3 Å². The quantitative estimate of drug-likeness (QED) is 0.302. The predicted molar refractivity (Wildman–Crippen MR) is 174 cm³/mol. The van der Waals surface area contributed by atoms with Crippen molar-refractivity contribution in [3.8, 4) is 11.5 Å². The minimum atomic E-state index is -0.823. The molecule has 0 aromatic heterocycles. The SMILES string of the molecule is COc1ccc(CCNC(=O)CN2CN(c3ccccc3)C3(CCN(C(=O)c4cccc5ccccc45)CC3)C2=O)cc1OC. The van der Waals surface area contributed by atoms with Crippen molar-refractivity contribution < 1.29 is 23.9 Å². The molecule has 2 aliphatic rings. The van der Waals surface area contributed by atoms with E-state index in [1.165, 1.54) is 0 Å². The summed E-state index contributed by atoms with van der Waals surface area (Å²) in [7, 11) is 3.18. The van der Waals surface area contributed by atoms with Crippen LogP contribution in [-0.4, -0.2) is 80.1 Å². The van der Waals surface area contributed by atoms with E-state index in [1.54, 1.807) is 19.1 Å². The molecule has 0 bridgehead atoms. The van der Waals surface area contributed by atoms with Gasteiger partial charge in [-0.3, -0.25) is 14.4 Å². The number of nitrogens with zero attached hydrogens (tertiary/aromatic N) is 3. The monoisotopic (exact) mass is 606 g/mol. The zero-order valence-corrected chi connectivity index (χ0v) is 25.7. The first-order valence-electron chi connectivity index (χ1n) is 15.3. The molecule has 0 atom stereocenters. The number of benzene rings is 4. The Morgan fingerprint density at radius 2 is 1.56 bits per heavy atom. The average Bonchev–Trinajstić information content (AvgIpc) is 3.34. The highest BCUT2D eigenvalue weighted by Gasteiger charge is 2.54. The van der Waals surface area contributed by atoms with Crippen molar-refractivity contribution in [3.63, 3.8) is 0 Å². The van der Waals surface area contributed by atoms with E-state index in [0.717, 1.165) is 22.0 Å². The summed E-state index contributed by atoms with van der Waals surface area (Å²) in [5.74, 6) is 0.985. The van der Waals surface area contributed by atoms with Crippen LogP contribution in [0.1, 0.15) is 28.8 Å². The smallest absolute Gasteiger partial charge is 0.254 e. The highest BCUT2D eigenvalue weighted by molar-refractivity contribution is 6.07. The minimum Gasteiger partial charge on any atom is -0.493 e. The van der Waals surface area contributed by atoms with Crippen molar-refractivity contribution in [3.05, 3.63) is 102 Å². The molecular weight excluding hydrogens is 568 g/mol. The van der Waals surface area contributed by atoms with E-state index < -0.39 is 5.54 Å². The predicted octanol–water partition coefficient (Wildman–Crippen LogP) is 4.50. The maximum absolute atomic E-state index is 14.1. The van der Waals surface area contributed by atoms with E-state index in [1.807, 2.05) is 95.9 Å². The number of rotatable bonds is 9. The zero-order valence-electron chi connectivity index (χ0n) is 25.7. The van der Waals surface area contributed by atoms with Gasteiger partial charge in [-0.25, -0.2) is 0 Å². The van der Waals surface area contributed by atoms with Crippen LogP contribution in [0, 0.1) is 0 Å². The fourth-order valence-corrected chi connectivity index (χ4v) is 6.60. The maximum atomic E-state index is 14.1. The lowest BCUT2D eigenvalue weighted by molar-refractivity contribution is -0.137. The average molecular weight is 607 g/mol. The van der Waals surface area contributed by atoms with Crippen LogP contribution in [0.25, 0.3) is 10.8 Å². The standard InChI is InChI=1S/C36H38N4O5/c1-44-31-16-15-26(23-32(31)45-2)17-20-37-33(41)24-39-25-40(28-11-4-3-5-12-28)36(35(39)43)18-21-38(22-19-36)34(42)30-14-8-10-27-9-6-7-13-29(27)30/h3-16,23H,17-22,24-25H2,1-2H3,(H,37,41). The number of amides is 3. The van der Waals surface area contributed by atoms with Gasteiger partial charge in [-0.1, -0.05) is 60.7 Å². The summed E-state index contributed by atoms with van der Waals surface area (Å²) in [6.07, 6.45) is 1.57. The number of para-hydroxylation sites is 1. The number of carbonyl (C=O) groups is 3. The molecule has 0 aliphatic carbocycles. The van der Waals surface area contributed by atoms with Gasteiger partial charge in [0.25, 0.3) is 11.8 Å². The number of likely N-dealkylation sites (tertiary alicyclic amines) is 1. The molecule has 1 spiro atoms. The van der Waals surface area contributed by atoms with Gasteiger partial charge in [0.05, 0.1) is 20.9 Å². The molecule has 2 aliphatic heterocycles. The van der Waals surface area contributed by atoms with Crippen molar-refractivity contribution in [2.45, 2.75) is 24.8 Å². The molecule has 232 valence electrons. The van der Waals surface area contributed by atoms with Gasteiger partial charge in [-0.15, -0.1) is 0 Å². The molecule has 2 heterocycles. The molecule has 2 saturated heterocycles. The summed E-state index contributed by atoms with van der Waals surface area (Å²) >= 11 is 0. The second-order valence-corrected chi connectivity index (χ2v) is 11.5. The highest BCUT2D eigenvalue weighted by Crippen LogP contribution is 2.40. The summed E-state index contributed by atoms with van der Waals surface area (Å²) in [5.41, 5.74) is 1.78. The Bertz CT molecular complexity index is 1700. The number of hydrogen-bond donors (Lipinski definition) is 1. The molecule has 4 aromatic rings. The van der Waals surface area contributed by atoms with Crippen molar-refractivity contribution in [1.82, 2.24) is 15.1 Å². The lowest BCUT2D eigenvalue weighted by atomic mass is 9.85. The van der Waals surface area contributed by atoms with E-state index in [2.05, 4.69) is 10.2 Å². The third kappa shape index (κ3) is 5.90. The van der Waals surface area contributed by atoms with E-state index >= 15 is 0 Å². The molecular formula is C36H38N4O5. The van der Waals surface area contributed by atoms with Gasteiger partial charge in [0.15, 0.2) is 11.5 Å². The lowest BCUT2D eigenvalue weighted by Crippen LogP contribution is -2.57. The van der Waals surface area contributed by atoms with Crippen LogP contribution < -0.4 is 19.7 Å². The van der Waals surface area contributed by atoms with E-state index in [4.69, 9.17) is 9.47 Å². The molecule has 2 fully saturated rings. The van der Waals surface area contributed by atoms with Gasteiger partial charge in [0.1, 0.15) is 12.1 Å². The molecule has 4 aromatic carbocycles. The van der Waals surface area contributed by atoms with Crippen LogP contribution in [0.4, 0.5) is 5.69 Å². The Morgan fingerprint density at radius 1 is 0.844 bits per heavy atom. The molecule has 0 radical (unpaired) electrons. The first-order chi connectivity index (χ1) is 21.9. The number of piperidine rings is 1. The molecule has 0 saturated carbocycles. The molecule has 1 N–H and O–H groups in total. The van der Waals surface area contributed by atoms with Crippen molar-refractivity contribution in [2.24, 2.45) is 0 Å². The summed E-state index contributed by atoms with van der Waals surface area (Å²) in [6, 6.07) is 29.2. The molecule has 3 amide bonds. The van der Waals surface area contributed by atoms with Crippen molar-refractivity contribution in [2.75, 3.05) is 52.0 Å². The first-order valence-corrected chi connectivity index (χ1v) is 15.3. The van der Waals surface area contributed by atoms with Crippen LogP contribution in [0.2, 0.25) is 0 Å². The van der Waals surface area contributed by atoms with Crippen molar-refractivity contribution >= 4 is 34.2 Å². The summed E-state index contributed by atoms with van der Waals surface area (Å²) in [5, 5.41) is 4.92. The Morgan fingerprint density at radius 3 is 2.31 bits per heavy atom. The molecule has 9 heteroatoms. The Kier molecular flexibility index (Phi) is 8.60. The number of carbonyl (C=O) groups excluding carboxylic acids is 3. The van der Waals surface area contributed by atoms with Crippen LogP contribution in [0.15, 0.2) is 91.0 Å². The summed E-state index contributed by atoms with van der Waals surface area (Å²) in [4.78, 5) is 46.5.